The van der Waals surface area contributed by atoms with Gasteiger partial charge in [-0.3, -0.25) is 0 Å². The Balaban J connectivity index is 2.33. The first-order valence-corrected chi connectivity index (χ1v) is 5.56. The van der Waals surface area contributed by atoms with Gasteiger partial charge in [0.15, 0.2) is 0 Å². The molecule has 1 aromatic carbocycles. The number of esters is 1. The molecule has 16 heavy (non-hydrogen) atoms. The van der Waals surface area contributed by atoms with Crippen molar-refractivity contribution in [3.8, 4) is 0 Å². The number of carbonyl (C=O) groups is 1. The van der Waals surface area contributed by atoms with E-state index in [1.165, 1.54) is 0 Å². The lowest BCUT2D eigenvalue weighted by Crippen LogP contribution is -2.12. The molecule has 0 saturated carbocycles. The molecule has 0 radical (unpaired) electrons. The zero-order valence-electron chi connectivity index (χ0n) is 9.86. The van der Waals surface area contributed by atoms with Gasteiger partial charge in [0.25, 0.3) is 0 Å². The van der Waals surface area contributed by atoms with Crippen LogP contribution in [0.25, 0.3) is 0 Å². The Morgan fingerprint density at radius 1 is 1.19 bits per heavy atom. The van der Waals surface area contributed by atoms with Gasteiger partial charge in [0, 0.05) is 6.61 Å². The summed E-state index contributed by atoms with van der Waals surface area (Å²) in [6, 6.07) is 7.39. The summed E-state index contributed by atoms with van der Waals surface area (Å²) in [4.78, 5) is 11.6. The summed E-state index contributed by atoms with van der Waals surface area (Å²) < 4.78 is 10.3. The molecule has 0 aliphatic carbocycles. The van der Waals surface area contributed by atoms with Crippen LogP contribution in [0.5, 0.6) is 0 Å². The smallest absolute Gasteiger partial charge is 0.338 e. The summed E-state index contributed by atoms with van der Waals surface area (Å²) in [5.41, 5.74) is 1.56. The average molecular weight is 222 g/mol. The quantitative estimate of drug-likeness (QED) is 0.548. The predicted molar refractivity (Wildman–Crippen MR) is 62.6 cm³/mol. The molecule has 0 amide bonds. The summed E-state index contributed by atoms with van der Waals surface area (Å²) in [6.07, 6.45) is 0.978. The maximum Gasteiger partial charge on any atom is 0.338 e. The van der Waals surface area contributed by atoms with Crippen LogP contribution in [-0.4, -0.2) is 25.8 Å². The third kappa shape index (κ3) is 4.03. The number of hydrogen-bond acceptors (Lipinski definition) is 3. The van der Waals surface area contributed by atoms with Crippen molar-refractivity contribution in [3.05, 3.63) is 35.4 Å². The average Bonchev–Trinajstić information content (AvgIpc) is 2.29. The van der Waals surface area contributed by atoms with Crippen molar-refractivity contribution in [2.75, 3.05) is 19.8 Å². The standard InChI is InChI=1S/C13H18O3/c1-3-8-15-9-10-16-13(14)12-7-5-4-6-11(12)2/h4-7H,3,8-10H2,1-2H3. The van der Waals surface area contributed by atoms with Crippen molar-refractivity contribution in [2.24, 2.45) is 0 Å². The molecule has 0 atom stereocenters. The minimum absolute atomic E-state index is 0.279. The lowest BCUT2D eigenvalue weighted by molar-refractivity contribution is 0.0318. The van der Waals surface area contributed by atoms with E-state index in [1.54, 1.807) is 6.07 Å². The Hall–Kier alpha value is -1.35. The van der Waals surface area contributed by atoms with E-state index in [9.17, 15) is 4.79 Å². The number of aryl methyl sites for hydroxylation is 1. The van der Waals surface area contributed by atoms with Crippen LogP contribution in [0.2, 0.25) is 0 Å². The fraction of sp³-hybridized carbons (Fsp3) is 0.462. The van der Waals surface area contributed by atoms with E-state index in [0.717, 1.165) is 12.0 Å². The highest BCUT2D eigenvalue weighted by atomic mass is 16.6. The zero-order chi connectivity index (χ0) is 11.8. The van der Waals surface area contributed by atoms with E-state index in [2.05, 4.69) is 0 Å². The Labute approximate surface area is 96.4 Å². The van der Waals surface area contributed by atoms with Gasteiger partial charge in [0.05, 0.1) is 12.2 Å². The first-order chi connectivity index (χ1) is 7.75. The third-order valence-electron chi connectivity index (χ3n) is 2.17. The molecule has 0 unspecified atom stereocenters. The van der Waals surface area contributed by atoms with Gasteiger partial charge in [-0.15, -0.1) is 0 Å². The number of benzene rings is 1. The predicted octanol–water partition coefficient (Wildman–Crippen LogP) is 2.58. The minimum atomic E-state index is -0.279. The highest BCUT2D eigenvalue weighted by Crippen LogP contribution is 2.08. The maximum absolute atomic E-state index is 11.6. The van der Waals surface area contributed by atoms with Crippen LogP contribution < -0.4 is 0 Å². The van der Waals surface area contributed by atoms with E-state index in [4.69, 9.17) is 9.47 Å². The summed E-state index contributed by atoms with van der Waals surface area (Å²) in [5.74, 6) is -0.279. The summed E-state index contributed by atoms with van der Waals surface area (Å²) in [5, 5.41) is 0. The van der Waals surface area contributed by atoms with E-state index in [-0.39, 0.29) is 5.97 Å². The number of ether oxygens (including phenoxy) is 2. The molecular weight excluding hydrogens is 204 g/mol. The summed E-state index contributed by atoms with van der Waals surface area (Å²) >= 11 is 0. The molecule has 0 aliphatic rings. The van der Waals surface area contributed by atoms with E-state index in [1.807, 2.05) is 32.0 Å². The van der Waals surface area contributed by atoms with Gasteiger partial charge >= 0.3 is 5.97 Å². The molecule has 0 heterocycles. The van der Waals surface area contributed by atoms with Gasteiger partial charge in [-0.1, -0.05) is 25.1 Å². The van der Waals surface area contributed by atoms with Crippen molar-refractivity contribution >= 4 is 5.97 Å². The fourth-order valence-corrected chi connectivity index (χ4v) is 1.32. The van der Waals surface area contributed by atoms with Crippen LogP contribution in [0.15, 0.2) is 24.3 Å². The van der Waals surface area contributed by atoms with Gasteiger partial charge in [-0.25, -0.2) is 4.79 Å². The van der Waals surface area contributed by atoms with Crippen LogP contribution in [0, 0.1) is 6.92 Å². The lowest BCUT2D eigenvalue weighted by Gasteiger charge is -2.07. The molecule has 3 nitrogen and oxygen atoms in total. The Morgan fingerprint density at radius 2 is 1.94 bits per heavy atom. The van der Waals surface area contributed by atoms with Crippen molar-refractivity contribution in [2.45, 2.75) is 20.3 Å². The van der Waals surface area contributed by atoms with E-state index >= 15 is 0 Å². The van der Waals surface area contributed by atoms with Crippen LogP contribution in [0.3, 0.4) is 0 Å². The van der Waals surface area contributed by atoms with Crippen LogP contribution >= 0.6 is 0 Å². The molecule has 1 aromatic rings. The molecule has 3 heteroatoms. The third-order valence-corrected chi connectivity index (χ3v) is 2.17. The monoisotopic (exact) mass is 222 g/mol. The molecule has 0 aliphatic heterocycles. The summed E-state index contributed by atoms with van der Waals surface area (Å²) in [6.45, 7) is 5.42. The zero-order valence-corrected chi connectivity index (χ0v) is 9.86. The van der Waals surface area contributed by atoms with Crippen molar-refractivity contribution in [1.82, 2.24) is 0 Å². The topological polar surface area (TPSA) is 35.5 Å². The maximum atomic E-state index is 11.6. The molecule has 1 rings (SSSR count). The highest BCUT2D eigenvalue weighted by molar-refractivity contribution is 5.90. The largest absolute Gasteiger partial charge is 0.460 e. The normalized spacial score (nSPS) is 10.1. The molecular formula is C13H18O3. The first-order valence-electron chi connectivity index (χ1n) is 5.56. The molecule has 0 N–H and O–H groups in total. The fourth-order valence-electron chi connectivity index (χ4n) is 1.32. The molecule has 88 valence electrons. The van der Waals surface area contributed by atoms with Gasteiger partial charge in [0.2, 0.25) is 0 Å². The highest BCUT2D eigenvalue weighted by Gasteiger charge is 2.08. The van der Waals surface area contributed by atoms with E-state index in [0.29, 0.717) is 25.4 Å². The Kier molecular flexibility index (Phi) is 5.57. The van der Waals surface area contributed by atoms with Gasteiger partial charge in [-0.05, 0) is 25.0 Å². The van der Waals surface area contributed by atoms with Crippen molar-refractivity contribution in [1.29, 1.82) is 0 Å². The van der Waals surface area contributed by atoms with Gasteiger partial charge in [0.1, 0.15) is 6.61 Å². The molecule has 0 saturated heterocycles. The second-order valence-electron chi connectivity index (χ2n) is 3.56. The SMILES string of the molecule is CCCOCCOC(=O)c1ccccc1C. The lowest BCUT2D eigenvalue weighted by atomic mass is 10.1. The molecule has 0 aromatic heterocycles. The second-order valence-corrected chi connectivity index (χ2v) is 3.56. The Morgan fingerprint density at radius 3 is 2.62 bits per heavy atom. The molecule has 0 spiro atoms. The minimum Gasteiger partial charge on any atom is -0.460 e. The molecule has 0 bridgehead atoms. The van der Waals surface area contributed by atoms with Crippen molar-refractivity contribution < 1.29 is 14.3 Å². The number of rotatable bonds is 6. The second kappa shape index (κ2) is 7.01. The van der Waals surface area contributed by atoms with Gasteiger partial charge in [-0.2, -0.15) is 0 Å². The van der Waals surface area contributed by atoms with Crippen LogP contribution in [0.1, 0.15) is 29.3 Å². The number of carbonyl (C=O) groups excluding carboxylic acids is 1. The van der Waals surface area contributed by atoms with Crippen molar-refractivity contribution in [3.63, 3.8) is 0 Å². The van der Waals surface area contributed by atoms with Crippen LogP contribution in [0.4, 0.5) is 0 Å². The van der Waals surface area contributed by atoms with E-state index < -0.39 is 0 Å². The first kappa shape index (κ1) is 12.7. The molecule has 0 fully saturated rings. The van der Waals surface area contributed by atoms with Crippen LogP contribution in [-0.2, 0) is 9.47 Å². The summed E-state index contributed by atoms with van der Waals surface area (Å²) in [7, 11) is 0. The Bertz CT molecular complexity index is 334. The van der Waals surface area contributed by atoms with Gasteiger partial charge < -0.3 is 9.47 Å². The number of hydrogen-bond donors (Lipinski definition) is 0.